The Hall–Kier alpha value is -1.70. The number of hydrogen-bond acceptors (Lipinski definition) is 6. The molecule has 0 saturated carbocycles. The van der Waals surface area contributed by atoms with Crippen molar-refractivity contribution < 1.29 is 8.95 Å². The maximum atomic E-state index is 11.4. The maximum absolute atomic E-state index is 11.4. The number of nitrogens with two attached hydrogens (primary N) is 1. The monoisotopic (exact) mass is 281 g/mol. The third-order valence-corrected chi connectivity index (χ3v) is 4.77. The van der Waals surface area contributed by atoms with Crippen LogP contribution in [0.2, 0.25) is 0 Å². The Morgan fingerprint density at radius 3 is 2.84 bits per heavy atom. The number of ether oxygens (including phenoxy) is 1. The van der Waals surface area contributed by atoms with Gasteiger partial charge >= 0.3 is 0 Å². The fourth-order valence-corrected chi connectivity index (χ4v) is 3.73. The lowest BCUT2D eigenvalue weighted by molar-refractivity contribution is 0.401. The van der Waals surface area contributed by atoms with Gasteiger partial charge in [-0.1, -0.05) is 0 Å². The van der Waals surface area contributed by atoms with Crippen LogP contribution < -0.4 is 10.5 Å². The number of hydrogen-bond donors (Lipinski definition) is 1. The van der Waals surface area contributed by atoms with Gasteiger partial charge in [-0.05, 0) is 12.8 Å². The summed E-state index contributed by atoms with van der Waals surface area (Å²) in [5.41, 5.74) is 7.26. The first kappa shape index (κ1) is 12.3. The molecular weight excluding hydrogens is 266 g/mol. The lowest BCUT2D eigenvalue weighted by atomic mass is 10.1. The zero-order valence-electron chi connectivity index (χ0n) is 10.6. The lowest BCUT2D eigenvalue weighted by Crippen LogP contribution is -2.23. The molecule has 3 heterocycles. The van der Waals surface area contributed by atoms with E-state index in [0.29, 0.717) is 34.5 Å². The summed E-state index contributed by atoms with van der Waals surface area (Å²) < 4.78 is 18.5. The predicted molar refractivity (Wildman–Crippen MR) is 72.4 cm³/mol. The van der Waals surface area contributed by atoms with Crippen LogP contribution >= 0.6 is 0 Å². The van der Waals surface area contributed by atoms with Gasteiger partial charge in [0.1, 0.15) is 6.33 Å². The van der Waals surface area contributed by atoms with Gasteiger partial charge in [-0.15, -0.1) is 0 Å². The minimum Gasteiger partial charge on any atom is -0.479 e. The van der Waals surface area contributed by atoms with Crippen molar-refractivity contribution in [3.8, 4) is 5.88 Å². The summed E-state index contributed by atoms with van der Waals surface area (Å²) in [5, 5.41) is 0. The first-order valence-corrected chi connectivity index (χ1v) is 7.57. The van der Waals surface area contributed by atoms with Crippen LogP contribution in [0, 0.1) is 0 Å². The molecule has 0 aromatic carbocycles. The first-order chi connectivity index (χ1) is 9.20. The fourth-order valence-electron chi connectivity index (χ4n) is 2.45. The van der Waals surface area contributed by atoms with Crippen molar-refractivity contribution in [2.75, 3.05) is 24.3 Å². The summed E-state index contributed by atoms with van der Waals surface area (Å²) in [6.07, 6.45) is 3.10. The van der Waals surface area contributed by atoms with Gasteiger partial charge in [0, 0.05) is 28.3 Å². The molecule has 8 heteroatoms. The van der Waals surface area contributed by atoms with Crippen LogP contribution in [0.15, 0.2) is 6.33 Å². The molecule has 1 aliphatic rings. The summed E-state index contributed by atoms with van der Waals surface area (Å²) in [4.78, 5) is 12.6. The topological polar surface area (TPSA) is 95.9 Å². The van der Waals surface area contributed by atoms with Gasteiger partial charge in [-0.2, -0.15) is 4.98 Å². The van der Waals surface area contributed by atoms with E-state index < -0.39 is 10.8 Å². The highest BCUT2D eigenvalue weighted by Gasteiger charge is 2.25. The number of nitrogens with zero attached hydrogens (tertiary/aromatic N) is 4. The molecule has 2 N–H and O–H groups in total. The zero-order valence-corrected chi connectivity index (χ0v) is 11.4. The summed E-state index contributed by atoms with van der Waals surface area (Å²) in [6.45, 7) is 0. The number of anilines is 1. The van der Waals surface area contributed by atoms with Gasteiger partial charge < -0.3 is 10.5 Å². The number of methoxy groups -OCH3 is 1. The Kier molecular flexibility index (Phi) is 3.09. The second kappa shape index (κ2) is 4.76. The molecular formula is C11H15N5O2S. The number of aromatic nitrogens is 4. The number of imidazole rings is 1. The summed E-state index contributed by atoms with van der Waals surface area (Å²) >= 11 is 0. The van der Waals surface area contributed by atoms with E-state index in [0.717, 1.165) is 12.8 Å². The molecule has 0 amide bonds. The molecule has 0 spiro atoms. The number of nitrogen functional groups attached to an aromatic ring is 1. The normalized spacial score (nSPS) is 23.6. The van der Waals surface area contributed by atoms with E-state index in [1.54, 1.807) is 7.11 Å². The Morgan fingerprint density at radius 2 is 2.16 bits per heavy atom. The van der Waals surface area contributed by atoms with Crippen LogP contribution in [0.1, 0.15) is 18.9 Å². The van der Waals surface area contributed by atoms with Crippen LogP contribution in [-0.4, -0.2) is 42.3 Å². The van der Waals surface area contributed by atoms with Crippen molar-refractivity contribution in [1.82, 2.24) is 19.5 Å². The van der Waals surface area contributed by atoms with Gasteiger partial charge in [-0.3, -0.25) is 8.78 Å². The van der Waals surface area contributed by atoms with Gasteiger partial charge in [-0.25, -0.2) is 9.97 Å². The molecule has 0 atom stereocenters. The van der Waals surface area contributed by atoms with E-state index in [2.05, 4.69) is 15.0 Å². The van der Waals surface area contributed by atoms with Crippen molar-refractivity contribution in [1.29, 1.82) is 0 Å². The van der Waals surface area contributed by atoms with Gasteiger partial charge in [0.2, 0.25) is 11.8 Å². The van der Waals surface area contributed by atoms with Crippen molar-refractivity contribution >= 4 is 27.9 Å². The van der Waals surface area contributed by atoms with E-state index >= 15 is 0 Å². The molecule has 2 aromatic rings. The van der Waals surface area contributed by atoms with Crippen LogP contribution in [-0.2, 0) is 10.8 Å². The van der Waals surface area contributed by atoms with Crippen molar-refractivity contribution in [2.24, 2.45) is 0 Å². The van der Waals surface area contributed by atoms with Crippen molar-refractivity contribution in [2.45, 2.75) is 18.9 Å². The van der Waals surface area contributed by atoms with Crippen LogP contribution in [0.3, 0.4) is 0 Å². The lowest BCUT2D eigenvalue weighted by Gasteiger charge is -2.23. The molecule has 0 unspecified atom stereocenters. The molecule has 19 heavy (non-hydrogen) atoms. The third-order valence-electron chi connectivity index (χ3n) is 3.39. The molecule has 1 saturated heterocycles. The van der Waals surface area contributed by atoms with Crippen LogP contribution in [0.5, 0.6) is 5.88 Å². The number of fused-ring (bicyclic) bond motifs is 1. The fraction of sp³-hybridized carbons (Fsp3) is 0.545. The Bertz CT molecular complexity index is 631. The Labute approximate surface area is 112 Å². The molecule has 102 valence electrons. The molecule has 0 radical (unpaired) electrons. The molecule has 3 rings (SSSR count). The molecule has 0 bridgehead atoms. The first-order valence-electron chi connectivity index (χ1n) is 6.08. The molecule has 7 nitrogen and oxygen atoms in total. The van der Waals surface area contributed by atoms with Gasteiger partial charge in [0.25, 0.3) is 0 Å². The van der Waals surface area contributed by atoms with Crippen LogP contribution in [0.4, 0.5) is 5.95 Å². The average Bonchev–Trinajstić information content (AvgIpc) is 2.76. The molecule has 1 fully saturated rings. The van der Waals surface area contributed by atoms with Crippen molar-refractivity contribution in [3.63, 3.8) is 0 Å². The van der Waals surface area contributed by atoms with E-state index in [9.17, 15) is 4.21 Å². The molecule has 2 aromatic heterocycles. The highest BCUT2D eigenvalue weighted by molar-refractivity contribution is 7.85. The minimum atomic E-state index is -0.701. The van der Waals surface area contributed by atoms with Gasteiger partial charge in [0.15, 0.2) is 11.2 Å². The largest absolute Gasteiger partial charge is 0.479 e. The standard InChI is InChI=1S/C11H15N5O2S/c1-18-10-8-9(13-6-14-10)16(11(12)15-8)7-2-4-19(17)5-3-7/h6-7H,2-5H2,1H3,(H2,12,15). The number of rotatable bonds is 2. The second-order valence-corrected chi connectivity index (χ2v) is 6.17. The summed E-state index contributed by atoms with van der Waals surface area (Å²) in [5.74, 6) is 2.24. The summed E-state index contributed by atoms with van der Waals surface area (Å²) in [6, 6.07) is 0.197. The smallest absolute Gasteiger partial charge is 0.245 e. The highest BCUT2D eigenvalue weighted by Crippen LogP contribution is 2.31. The van der Waals surface area contributed by atoms with Crippen molar-refractivity contribution in [3.05, 3.63) is 6.33 Å². The third kappa shape index (κ3) is 2.05. The Morgan fingerprint density at radius 1 is 1.42 bits per heavy atom. The minimum absolute atomic E-state index is 0.197. The predicted octanol–water partition coefficient (Wildman–Crippen LogP) is 0.501. The van der Waals surface area contributed by atoms with E-state index in [-0.39, 0.29) is 6.04 Å². The SMILES string of the molecule is COc1ncnc2c1nc(N)n2C1CCS(=O)CC1. The Balaban J connectivity index is 2.08. The molecule has 1 aliphatic heterocycles. The highest BCUT2D eigenvalue weighted by atomic mass is 32.2. The second-order valence-electron chi connectivity index (χ2n) is 4.47. The van der Waals surface area contributed by atoms with E-state index in [4.69, 9.17) is 10.5 Å². The quantitative estimate of drug-likeness (QED) is 0.861. The molecule has 0 aliphatic carbocycles. The maximum Gasteiger partial charge on any atom is 0.245 e. The average molecular weight is 281 g/mol. The van der Waals surface area contributed by atoms with E-state index in [1.807, 2.05) is 4.57 Å². The van der Waals surface area contributed by atoms with Crippen LogP contribution in [0.25, 0.3) is 11.2 Å². The summed E-state index contributed by atoms with van der Waals surface area (Å²) in [7, 11) is 0.842. The zero-order chi connectivity index (χ0) is 13.4. The van der Waals surface area contributed by atoms with Gasteiger partial charge in [0.05, 0.1) is 7.11 Å². The van der Waals surface area contributed by atoms with E-state index in [1.165, 1.54) is 6.33 Å².